The maximum Gasteiger partial charge on any atom is 0.194 e. The van der Waals surface area contributed by atoms with Crippen LogP contribution in [0.2, 0.25) is 0 Å². The van der Waals surface area contributed by atoms with Gasteiger partial charge in [0.15, 0.2) is 5.96 Å². The Morgan fingerprint density at radius 3 is 2.53 bits per heavy atom. The summed E-state index contributed by atoms with van der Waals surface area (Å²) in [6, 6.07) is 18.2. The maximum absolute atomic E-state index is 6.12. The molecule has 1 heterocycles. The van der Waals surface area contributed by atoms with E-state index in [0.717, 1.165) is 55.5 Å². The molecule has 0 spiro atoms. The molecule has 2 aromatic rings. The molecule has 1 N–H and O–H groups in total. The van der Waals surface area contributed by atoms with Gasteiger partial charge >= 0.3 is 0 Å². The molecule has 0 saturated carbocycles. The summed E-state index contributed by atoms with van der Waals surface area (Å²) in [5.74, 6) is 2.76. The first-order chi connectivity index (χ1) is 14.8. The van der Waals surface area contributed by atoms with Gasteiger partial charge in [-0.05, 0) is 36.8 Å². The van der Waals surface area contributed by atoms with Crippen molar-refractivity contribution in [3.8, 4) is 11.5 Å². The van der Waals surface area contributed by atoms with Crippen molar-refractivity contribution in [3.05, 3.63) is 60.2 Å². The number of methoxy groups -OCH3 is 1. The van der Waals surface area contributed by atoms with Crippen molar-refractivity contribution in [2.45, 2.75) is 32.4 Å². The summed E-state index contributed by atoms with van der Waals surface area (Å²) in [6.45, 7) is 6.56. The monoisotopic (exact) mass is 411 g/mol. The van der Waals surface area contributed by atoms with Crippen LogP contribution in [0.4, 0.5) is 0 Å². The minimum absolute atomic E-state index is 0.257. The van der Waals surface area contributed by atoms with E-state index in [1.807, 2.05) is 48.5 Å². The lowest BCUT2D eigenvalue weighted by Gasteiger charge is -2.34. The van der Waals surface area contributed by atoms with Crippen LogP contribution in [0.25, 0.3) is 0 Å². The van der Waals surface area contributed by atoms with Crippen molar-refractivity contribution in [2.24, 2.45) is 4.99 Å². The van der Waals surface area contributed by atoms with Gasteiger partial charge in [-0.1, -0.05) is 30.3 Å². The lowest BCUT2D eigenvalue weighted by Crippen LogP contribution is -2.47. The number of hydrogen-bond acceptors (Lipinski definition) is 4. The summed E-state index contributed by atoms with van der Waals surface area (Å²) in [5.41, 5.74) is 1.13. The van der Waals surface area contributed by atoms with Crippen LogP contribution in [0.5, 0.6) is 11.5 Å². The quantitative estimate of drug-likeness (QED) is 0.387. The van der Waals surface area contributed by atoms with Gasteiger partial charge in [-0.3, -0.25) is 0 Å². The van der Waals surface area contributed by atoms with Crippen LogP contribution >= 0.6 is 0 Å². The smallest absolute Gasteiger partial charge is 0.194 e. The first kappa shape index (κ1) is 22.0. The van der Waals surface area contributed by atoms with Gasteiger partial charge in [0.25, 0.3) is 0 Å². The molecule has 1 aliphatic heterocycles. The van der Waals surface area contributed by atoms with E-state index < -0.39 is 0 Å². The van der Waals surface area contributed by atoms with Gasteiger partial charge in [-0.25, -0.2) is 4.99 Å². The largest absolute Gasteiger partial charge is 0.491 e. The molecule has 2 aromatic carbocycles. The van der Waals surface area contributed by atoms with E-state index in [4.69, 9.17) is 19.2 Å². The normalized spacial score (nSPS) is 15.1. The Hall–Kier alpha value is -2.73. The number of likely N-dealkylation sites (tertiary alicyclic amines) is 1. The molecular formula is C24H33N3O3. The number of piperidine rings is 1. The Morgan fingerprint density at radius 1 is 1.03 bits per heavy atom. The number of nitrogens with one attached hydrogen (secondary N) is 1. The van der Waals surface area contributed by atoms with Gasteiger partial charge in [0.2, 0.25) is 0 Å². The molecule has 30 heavy (non-hydrogen) atoms. The highest BCUT2D eigenvalue weighted by Crippen LogP contribution is 2.19. The van der Waals surface area contributed by atoms with Crippen molar-refractivity contribution in [3.63, 3.8) is 0 Å². The molecule has 1 saturated heterocycles. The van der Waals surface area contributed by atoms with Crippen molar-refractivity contribution < 1.29 is 14.2 Å². The number of guanidine groups is 1. The molecule has 6 heteroatoms. The second-order valence-electron chi connectivity index (χ2n) is 7.28. The zero-order chi connectivity index (χ0) is 21.0. The van der Waals surface area contributed by atoms with Crippen molar-refractivity contribution in [2.75, 3.05) is 40.0 Å². The molecule has 6 nitrogen and oxygen atoms in total. The van der Waals surface area contributed by atoms with E-state index in [1.165, 1.54) is 0 Å². The Bertz CT molecular complexity index is 774. The lowest BCUT2D eigenvalue weighted by molar-refractivity contribution is 0.129. The molecular weight excluding hydrogens is 378 g/mol. The Labute approximate surface area is 179 Å². The zero-order valence-corrected chi connectivity index (χ0v) is 18.0. The van der Waals surface area contributed by atoms with Crippen molar-refractivity contribution in [1.29, 1.82) is 0 Å². The number of hydrogen-bond donors (Lipinski definition) is 1. The molecule has 3 rings (SSSR count). The fourth-order valence-electron chi connectivity index (χ4n) is 3.45. The average molecular weight is 412 g/mol. The predicted octanol–water partition coefficient (Wildman–Crippen LogP) is 3.72. The van der Waals surface area contributed by atoms with Gasteiger partial charge < -0.3 is 24.4 Å². The number of ether oxygens (including phenoxy) is 3. The molecule has 1 fully saturated rings. The number of rotatable bonds is 9. The van der Waals surface area contributed by atoms with Crippen LogP contribution in [-0.4, -0.2) is 56.9 Å². The van der Waals surface area contributed by atoms with Crippen LogP contribution in [0, 0.1) is 0 Å². The lowest BCUT2D eigenvalue weighted by atomic mass is 10.1. The summed E-state index contributed by atoms with van der Waals surface area (Å²) < 4.78 is 16.9. The van der Waals surface area contributed by atoms with E-state index >= 15 is 0 Å². The van der Waals surface area contributed by atoms with E-state index in [2.05, 4.69) is 23.2 Å². The first-order valence-corrected chi connectivity index (χ1v) is 10.7. The van der Waals surface area contributed by atoms with Crippen LogP contribution in [0.3, 0.4) is 0 Å². The van der Waals surface area contributed by atoms with Gasteiger partial charge in [-0.2, -0.15) is 0 Å². The maximum atomic E-state index is 6.12. The van der Waals surface area contributed by atoms with Gasteiger partial charge in [0.1, 0.15) is 24.2 Å². The fraction of sp³-hybridized carbons (Fsp3) is 0.458. The molecule has 0 aliphatic carbocycles. The van der Waals surface area contributed by atoms with Crippen molar-refractivity contribution in [1.82, 2.24) is 10.2 Å². The summed E-state index contributed by atoms with van der Waals surface area (Å²) in [6.07, 6.45) is 2.23. The fourth-order valence-corrected chi connectivity index (χ4v) is 3.45. The molecule has 0 unspecified atom stereocenters. The third-order valence-electron chi connectivity index (χ3n) is 4.99. The number of para-hydroxylation sites is 1. The number of nitrogens with zero attached hydrogens (tertiary/aromatic N) is 2. The summed E-state index contributed by atoms with van der Waals surface area (Å²) in [5, 5.41) is 3.43. The number of aliphatic imine (C=N–C) groups is 1. The highest BCUT2D eigenvalue weighted by Gasteiger charge is 2.22. The van der Waals surface area contributed by atoms with E-state index in [0.29, 0.717) is 19.8 Å². The summed E-state index contributed by atoms with van der Waals surface area (Å²) in [4.78, 5) is 7.19. The molecule has 0 amide bonds. The third kappa shape index (κ3) is 6.95. The van der Waals surface area contributed by atoms with Crippen LogP contribution in [0.1, 0.15) is 25.3 Å². The minimum atomic E-state index is 0.257. The molecule has 1 aliphatic rings. The van der Waals surface area contributed by atoms with Gasteiger partial charge in [0.05, 0.1) is 13.2 Å². The summed E-state index contributed by atoms with van der Waals surface area (Å²) in [7, 11) is 1.67. The highest BCUT2D eigenvalue weighted by molar-refractivity contribution is 5.80. The third-order valence-corrected chi connectivity index (χ3v) is 4.99. The standard InChI is InChI=1S/C24H33N3O3/c1-3-25-24(26-19-20-8-7-11-23(18-20)29-17-16-28-2)27-14-12-22(13-15-27)30-21-9-5-4-6-10-21/h4-11,18,22H,3,12-17,19H2,1-2H3,(H,25,26). The van der Waals surface area contributed by atoms with Crippen LogP contribution in [0.15, 0.2) is 59.6 Å². The Morgan fingerprint density at radius 2 is 1.80 bits per heavy atom. The highest BCUT2D eigenvalue weighted by atomic mass is 16.5. The van der Waals surface area contributed by atoms with E-state index in [1.54, 1.807) is 7.11 Å². The van der Waals surface area contributed by atoms with Crippen LogP contribution < -0.4 is 14.8 Å². The number of benzene rings is 2. The zero-order valence-electron chi connectivity index (χ0n) is 18.0. The minimum Gasteiger partial charge on any atom is -0.491 e. The van der Waals surface area contributed by atoms with E-state index in [9.17, 15) is 0 Å². The van der Waals surface area contributed by atoms with E-state index in [-0.39, 0.29) is 6.10 Å². The average Bonchev–Trinajstić information content (AvgIpc) is 2.78. The molecule has 162 valence electrons. The topological polar surface area (TPSA) is 55.3 Å². The van der Waals surface area contributed by atoms with Crippen LogP contribution in [-0.2, 0) is 11.3 Å². The first-order valence-electron chi connectivity index (χ1n) is 10.7. The van der Waals surface area contributed by atoms with Gasteiger partial charge in [-0.15, -0.1) is 0 Å². The molecule has 0 radical (unpaired) electrons. The SMILES string of the molecule is CCNC(=NCc1cccc(OCCOC)c1)N1CCC(Oc2ccccc2)CC1. The molecule has 0 bridgehead atoms. The Kier molecular flexibility index (Phi) is 8.84. The Balaban J connectivity index is 1.54. The molecule has 0 aromatic heterocycles. The second-order valence-corrected chi connectivity index (χ2v) is 7.28. The summed E-state index contributed by atoms with van der Waals surface area (Å²) >= 11 is 0. The van der Waals surface area contributed by atoms with Gasteiger partial charge in [0, 0.05) is 39.6 Å². The molecule has 0 atom stereocenters. The van der Waals surface area contributed by atoms with Crippen molar-refractivity contribution >= 4 is 5.96 Å². The second kappa shape index (κ2) is 12.1. The predicted molar refractivity (Wildman–Crippen MR) is 120 cm³/mol.